The smallest absolute Gasteiger partial charge is 0.274 e. The fourth-order valence-corrected chi connectivity index (χ4v) is 2.67. The number of aromatic nitrogens is 3. The van der Waals surface area contributed by atoms with Crippen LogP contribution in [0.25, 0.3) is 11.5 Å². The third-order valence-corrected chi connectivity index (χ3v) is 4.39. The van der Waals surface area contributed by atoms with Gasteiger partial charge in [-0.15, -0.1) is 0 Å². The largest absolute Gasteiger partial charge is 0.460 e. The first-order valence-electron chi connectivity index (χ1n) is 8.25. The number of hydrogen-bond acceptors (Lipinski definition) is 4. The number of furan rings is 1. The molecule has 0 aliphatic rings. The number of nitrogens with zero attached hydrogens (tertiary/aromatic N) is 3. The van der Waals surface area contributed by atoms with Crippen molar-refractivity contribution in [2.45, 2.75) is 33.2 Å². The van der Waals surface area contributed by atoms with E-state index in [0.717, 1.165) is 17.0 Å². The maximum absolute atomic E-state index is 12.7. The van der Waals surface area contributed by atoms with Gasteiger partial charge in [0.05, 0.1) is 0 Å². The van der Waals surface area contributed by atoms with Crippen molar-refractivity contribution in [2.75, 3.05) is 7.05 Å². The van der Waals surface area contributed by atoms with Crippen molar-refractivity contribution >= 4 is 5.91 Å². The van der Waals surface area contributed by atoms with Crippen LogP contribution in [-0.4, -0.2) is 39.1 Å². The Hall–Kier alpha value is -2.89. The van der Waals surface area contributed by atoms with Gasteiger partial charge in [-0.05, 0) is 44.5 Å². The van der Waals surface area contributed by atoms with Gasteiger partial charge < -0.3 is 9.32 Å². The summed E-state index contributed by atoms with van der Waals surface area (Å²) in [7, 11) is 1.79. The number of carbonyl (C=O) groups excluding carboxylic acids is 1. The summed E-state index contributed by atoms with van der Waals surface area (Å²) in [5.74, 6) is 1.35. The first kappa shape index (κ1) is 17.0. The topological polar surface area (TPSA) is 75.0 Å². The lowest BCUT2D eigenvalue weighted by atomic mass is 10.1. The lowest BCUT2D eigenvalue weighted by Gasteiger charge is -2.24. The maximum atomic E-state index is 12.7. The Labute approximate surface area is 146 Å². The van der Waals surface area contributed by atoms with Crippen LogP contribution in [-0.2, 0) is 6.42 Å². The molecule has 3 aromatic heterocycles. The summed E-state index contributed by atoms with van der Waals surface area (Å²) in [5, 5.41) is 7.00. The third-order valence-electron chi connectivity index (χ3n) is 4.39. The normalized spacial score (nSPS) is 12.2. The van der Waals surface area contributed by atoms with Gasteiger partial charge in [0.1, 0.15) is 11.5 Å². The SMILES string of the molecule is Cc1ccc(-c2cc(C(=O)N(C)C(C)Cc3ncccc3C)n[nH]2)o1. The van der Waals surface area contributed by atoms with Crippen LogP contribution in [0.4, 0.5) is 0 Å². The van der Waals surface area contributed by atoms with E-state index in [9.17, 15) is 4.79 Å². The van der Waals surface area contributed by atoms with Crippen LogP contribution in [0.15, 0.2) is 40.9 Å². The third kappa shape index (κ3) is 3.63. The molecule has 1 N–H and O–H groups in total. The molecular weight excluding hydrogens is 316 g/mol. The Balaban J connectivity index is 1.72. The van der Waals surface area contributed by atoms with E-state index >= 15 is 0 Å². The second-order valence-electron chi connectivity index (χ2n) is 6.31. The van der Waals surface area contributed by atoms with Crippen LogP contribution in [0.5, 0.6) is 0 Å². The summed E-state index contributed by atoms with van der Waals surface area (Å²) in [4.78, 5) is 18.8. The van der Waals surface area contributed by atoms with Crippen molar-refractivity contribution < 1.29 is 9.21 Å². The number of amides is 1. The van der Waals surface area contributed by atoms with Crippen LogP contribution in [0.3, 0.4) is 0 Å². The van der Waals surface area contributed by atoms with Gasteiger partial charge in [0.25, 0.3) is 5.91 Å². The second kappa shape index (κ2) is 6.93. The highest BCUT2D eigenvalue weighted by atomic mass is 16.3. The minimum atomic E-state index is -0.133. The van der Waals surface area contributed by atoms with E-state index in [1.807, 2.05) is 45.0 Å². The number of nitrogens with one attached hydrogen (secondary N) is 1. The Morgan fingerprint density at radius 3 is 2.80 bits per heavy atom. The highest BCUT2D eigenvalue weighted by Gasteiger charge is 2.22. The van der Waals surface area contributed by atoms with Gasteiger partial charge >= 0.3 is 0 Å². The molecule has 0 bridgehead atoms. The zero-order valence-electron chi connectivity index (χ0n) is 14.9. The Bertz CT molecular complexity index is 881. The van der Waals surface area contributed by atoms with Crippen molar-refractivity contribution in [1.29, 1.82) is 0 Å². The molecule has 3 rings (SSSR count). The fraction of sp³-hybridized carbons (Fsp3) is 0.316. The number of carbonyl (C=O) groups is 1. The number of aromatic amines is 1. The highest BCUT2D eigenvalue weighted by molar-refractivity contribution is 5.93. The Kier molecular flexibility index (Phi) is 4.70. The first-order chi connectivity index (χ1) is 12.0. The van der Waals surface area contributed by atoms with E-state index < -0.39 is 0 Å². The van der Waals surface area contributed by atoms with E-state index in [0.29, 0.717) is 23.6 Å². The van der Waals surface area contributed by atoms with E-state index in [4.69, 9.17) is 4.42 Å². The molecule has 6 heteroatoms. The van der Waals surface area contributed by atoms with Crippen molar-refractivity contribution in [3.05, 3.63) is 59.2 Å². The minimum Gasteiger partial charge on any atom is -0.460 e. The van der Waals surface area contributed by atoms with Crippen LogP contribution >= 0.6 is 0 Å². The summed E-state index contributed by atoms with van der Waals surface area (Å²) in [5.41, 5.74) is 3.20. The van der Waals surface area contributed by atoms with E-state index in [2.05, 4.69) is 15.2 Å². The minimum absolute atomic E-state index is 0.00658. The van der Waals surface area contributed by atoms with Crippen molar-refractivity contribution in [3.8, 4) is 11.5 Å². The van der Waals surface area contributed by atoms with E-state index in [-0.39, 0.29) is 11.9 Å². The average Bonchev–Trinajstić information content (AvgIpc) is 3.24. The molecule has 0 saturated carbocycles. The molecule has 6 nitrogen and oxygen atoms in total. The zero-order chi connectivity index (χ0) is 18.0. The van der Waals surface area contributed by atoms with Gasteiger partial charge in [-0.3, -0.25) is 14.9 Å². The second-order valence-corrected chi connectivity index (χ2v) is 6.31. The molecule has 25 heavy (non-hydrogen) atoms. The van der Waals surface area contributed by atoms with Gasteiger partial charge in [-0.25, -0.2) is 0 Å². The number of hydrogen-bond donors (Lipinski definition) is 1. The van der Waals surface area contributed by atoms with Gasteiger partial charge in [0.15, 0.2) is 11.5 Å². The number of pyridine rings is 1. The predicted octanol–water partition coefficient (Wildman–Crippen LogP) is 3.38. The molecule has 1 unspecified atom stereocenters. The zero-order valence-corrected chi connectivity index (χ0v) is 14.9. The lowest BCUT2D eigenvalue weighted by Crippen LogP contribution is -2.37. The summed E-state index contributed by atoms with van der Waals surface area (Å²) in [6.07, 6.45) is 2.48. The summed E-state index contributed by atoms with van der Waals surface area (Å²) < 4.78 is 5.56. The average molecular weight is 338 g/mol. The number of likely N-dealkylation sites (N-methyl/N-ethyl adjacent to an activating group) is 1. The standard InChI is InChI=1S/C19H22N4O2/c1-12-6-5-9-20-15(12)10-13(2)23(4)19(24)17-11-16(21-22-17)18-8-7-14(3)25-18/h5-9,11,13H,10H2,1-4H3,(H,21,22). The summed E-state index contributed by atoms with van der Waals surface area (Å²) in [6.45, 7) is 5.92. The molecule has 0 aromatic carbocycles. The monoisotopic (exact) mass is 338 g/mol. The molecule has 0 spiro atoms. The van der Waals surface area contributed by atoms with Gasteiger partial charge in [0.2, 0.25) is 0 Å². The summed E-state index contributed by atoms with van der Waals surface area (Å²) in [6, 6.07) is 9.40. The lowest BCUT2D eigenvalue weighted by molar-refractivity contribution is 0.0737. The molecule has 0 radical (unpaired) electrons. The van der Waals surface area contributed by atoms with Gasteiger partial charge in [0, 0.05) is 37.5 Å². The van der Waals surface area contributed by atoms with E-state index in [1.54, 1.807) is 24.2 Å². The van der Waals surface area contributed by atoms with Crippen molar-refractivity contribution in [2.24, 2.45) is 0 Å². The molecule has 1 atom stereocenters. The molecule has 130 valence electrons. The van der Waals surface area contributed by atoms with E-state index in [1.165, 1.54) is 0 Å². The Morgan fingerprint density at radius 2 is 2.12 bits per heavy atom. The van der Waals surface area contributed by atoms with Crippen LogP contribution in [0, 0.1) is 13.8 Å². The van der Waals surface area contributed by atoms with Gasteiger partial charge in [-0.1, -0.05) is 6.07 Å². The molecular formula is C19H22N4O2. The maximum Gasteiger partial charge on any atom is 0.274 e. The van der Waals surface area contributed by atoms with Gasteiger partial charge in [-0.2, -0.15) is 5.10 Å². The summed E-state index contributed by atoms with van der Waals surface area (Å²) >= 11 is 0. The fourth-order valence-electron chi connectivity index (χ4n) is 2.67. The van der Waals surface area contributed by atoms with Crippen LogP contribution < -0.4 is 0 Å². The Morgan fingerprint density at radius 1 is 1.32 bits per heavy atom. The molecule has 0 aliphatic heterocycles. The van der Waals surface area contributed by atoms with Crippen LogP contribution in [0.1, 0.15) is 34.4 Å². The predicted molar refractivity (Wildman–Crippen MR) is 95.3 cm³/mol. The van der Waals surface area contributed by atoms with Crippen molar-refractivity contribution in [3.63, 3.8) is 0 Å². The highest BCUT2D eigenvalue weighted by Crippen LogP contribution is 2.21. The molecule has 1 amide bonds. The number of H-pyrrole nitrogens is 1. The molecule has 3 heterocycles. The molecule has 0 saturated heterocycles. The number of rotatable bonds is 5. The first-order valence-corrected chi connectivity index (χ1v) is 8.25. The molecule has 0 aliphatic carbocycles. The van der Waals surface area contributed by atoms with Crippen LogP contribution in [0.2, 0.25) is 0 Å². The number of aryl methyl sites for hydroxylation is 2. The molecule has 0 fully saturated rings. The van der Waals surface area contributed by atoms with Crippen molar-refractivity contribution in [1.82, 2.24) is 20.1 Å². The quantitative estimate of drug-likeness (QED) is 0.774. The molecule has 3 aromatic rings.